The van der Waals surface area contributed by atoms with Crippen LogP contribution in [0.2, 0.25) is 5.02 Å². The minimum absolute atomic E-state index is 0.333. The van der Waals surface area contributed by atoms with Crippen LogP contribution in [0, 0.1) is 0 Å². The van der Waals surface area contributed by atoms with Crippen LogP contribution in [0.25, 0.3) is 0 Å². The van der Waals surface area contributed by atoms with Crippen LogP contribution < -0.4 is 16.0 Å². The largest absolute Gasteiger partial charge is 0.333 e. The molecular weight excluding hydrogens is 278 g/mol. The molecule has 1 aromatic rings. The summed E-state index contributed by atoms with van der Waals surface area (Å²) in [7, 11) is 0. The monoisotopic (exact) mass is 295 g/mol. The van der Waals surface area contributed by atoms with Crippen molar-refractivity contribution in [2.24, 2.45) is 0 Å². The van der Waals surface area contributed by atoms with E-state index in [1.165, 1.54) is 0 Å². The van der Waals surface area contributed by atoms with E-state index in [0.717, 1.165) is 6.08 Å². The highest BCUT2D eigenvalue weighted by molar-refractivity contribution is 6.34. The van der Waals surface area contributed by atoms with E-state index in [-0.39, 0.29) is 17.5 Å². The number of nitrogens with one attached hydrogen (secondary N) is 3. The third kappa shape index (κ3) is 5.32. The van der Waals surface area contributed by atoms with Crippen molar-refractivity contribution in [1.82, 2.24) is 5.32 Å². The summed E-state index contributed by atoms with van der Waals surface area (Å²) in [6.07, 6.45) is 1.14. The molecular formula is C14H18ClN3O2. The molecule has 20 heavy (non-hydrogen) atoms. The molecule has 0 unspecified atom stereocenters. The first kappa shape index (κ1) is 16.0. The average molecular weight is 296 g/mol. The fraction of sp³-hybridized carbons (Fsp3) is 0.286. The van der Waals surface area contributed by atoms with Gasteiger partial charge in [-0.3, -0.25) is 4.79 Å². The van der Waals surface area contributed by atoms with E-state index in [0.29, 0.717) is 16.4 Å². The Morgan fingerprint density at radius 1 is 1.25 bits per heavy atom. The van der Waals surface area contributed by atoms with Gasteiger partial charge in [0.05, 0.1) is 10.7 Å². The maximum absolute atomic E-state index is 11.7. The topological polar surface area (TPSA) is 70.2 Å². The van der Waals surface area contributed by atoms with Crippen molar-refractivity contribution < 1.29 is 9.59 Å². The smallest absolute Gasteiger partial charge is 0.319 e. The summed E-state index contributed by atoms with van der Waals surface area (Å²) in [5.74, 6) is -0.372. The van der Waals surface area contributed by atoms with Gasteiger partial charge in [-0.2, -0.15) is 0 Å². The van der Waals surface area contributed by atoms with Crippen LogP contribution in [0.15, 0.2) is 30.9 Å². The van der Waals surface area contributed by atoms with Crippen LogP contribution in [0.3, 0.4) is 0 Å². The van der Waals surface area contributed by atoms with Crippen molar-refractivity contribution in [2.75, 3.05) is 10.6 Å². The minimum atomic E-state index is -0.372. The molecule has 3 N–H and O–H groups in total. The Bertz CT molecular complexity index is 536. The molecule has 0 radical (unpaired) electrons. The predicted molar refractivity (Wildman–Crippen MR) is 82.2 cm³/mol. The van der Waals surface area contributed by atoms with Crippen molar-refractivity contribution in [3.63, 3.8) is 0 Å². The molecule has 0 aliphatic rings. The quantitative estimate of drug-likeness (QED) is 0.748. The number of hydrogen-bond acceptors (Lipinski definition) is 2. The molecule has 6 heteroatoms. The van der Waals surface area contributed by atoms with E-state index in [4.69, 9.17) is 11.6 Å². The van der Waals surface area contributed by atoms with Crippen LogP contribution in [0.4, 0.5) is 16.2 Å². The summed E-state index contributed by atoms with van der Waals surface area (Å²) in [5.41, 5.74) is 0.594. The van der Waals surface area contributed by atoms with Gasteiger partial charge in [0.2, 0.25) is 5.91 Å². The number of hydrogen-bond donors (Lipinski definition) is 3. The van der Waals surface area contributed by atoms with Gasteiger partial charge in [0.25, 0.3) is 0 Å². The maximum atomic E-state index is 11.7. The van der Waals surface area contributed by atoms with E-state index in [9.17, 15) is 9.59 Å². The van der Waals surface area contributed by atoms with Gasteiger partial charge in [-0.25, -0.2) is 4.79 Å². The zero-order valence-electron chi connectivity index (χ0n) is 11.7. The minimum Gasteiger partial charge on any atom is -0.333 e. The Balaban J connectivity index is 2.82. The number of rotatable bonds is 3. The number of anilines is 2. The zero-order valence-corrected chi connectivity index (χ0v) is 12.5. The molecule has 0 saturated heterocycles. The third-order valence-corrected chi connectivity index (χ3v) is 2.49. The fourth-order valence-corrected chi connectivity index (χ4v) is 1.55. The SMILES string of the molecule is C=CC(=O)Nc1cc(NC(=O)NC(C)(C)C)ccc1Cl. The Kier molecular flexibility index (Phi) is 5.16. The van der Waals surface area contributed by atoms with Gasteiger partial charge in [0, 0.05) is 11.2 Å². The summed E-state index contributed by atoms with van der Waals surface area (Å²) in [5, 5.41) is 8.38. The molecule has 0 heterocycles. The molecule has 0 atom stereocenters. The number of urea groups is 1. The Hall–Kier alpha value is -2.01. The summed E-state index contributed by atoms with van der Waals surface area (Å²) in [6.45, 7) is 9.00. The van der Waals surface area contributed by atoms with E-state index in [1.807, 2.05) is 20.8 Å². The molecule has 0 fully saturated rings. The van der Waals surface area contributed by atoms with E-state index in [1.54, 1.807) is 18.2 Å². The summed E-state index contributed by atoms with van der Waals surface area (Å²) < 4.78 is 0. The highest BCUT2D eigenvalue weighted by Crippen LogP contribution is 2.25. The number of carbonyl (C=O) groups is 2. The van der Waals surface area contributed by atoms with Gasteiger partial charge in [0.1, 0.15) is 0 Å². The Morgan fingerprint density at radius 2 is 1.90 bits per heavy atom. The van der Waals surface area contributed by atoms with Gasteiger partial charge >= 0.3 is 6.03 Å². The summed E-state index contributed by atoms with van der Waals surface area (Å²) in [6, 6.07) is 4.48. The van der Waals surface area contributed by atoms with Crippen LogP contribution >= 0.6 is 11.6 Å². The van der Waals surface area contributed by atoms with Gasteiger partial charge in [-0.1, -0.05) is 18.2 Å². The van der Waals surface area contributed by atoms with Crippen molar-refractivity contribution in [3.05, 3.63) is 35.9 Å². The molecule has 0 spiro atoms. The second-order valence-corrected chi connectivity index (χ2v) is 5.62. The lowest BCUT2D eigenvalue weighted by atomic mass is 10.1. The standard InChI is InChI=1S/C14H18ClN3O2/c1-5-12(19)17-11-8-9(6-7-10(11)15)16-13(20)18-14(2,3)4/h5-8H,1H2,2-4H3,(H,17,19)(H2,16,18,20). The number of halogens is 1. The summed E-state index contributed by atoms with van der Waals surface area (Å²) in [4.78, 5) is 23.0. The molecule has 0 aliphatic carbocycles. The van der Waals surface area contributed by atoms with Gasteiger partial charge in [-0.05, 0) is 45.0 Å². The molecule has 0 bridgehead atoms. The first-order chi connectivity index (χ1) is 9.21. The Labute approximate surface area is 123 Å². The third-order valence-electron chi connectivity index (χ3n) is 2.16. The first-order valence-corrected chi connectivity index (χ1v) is 6.41. The second-order valence-electron chi connectivity index (χ2n) is 5.22. The highest BCUT2D eigenvalue weighted by Gasteiger charge is 2.14. The van der Waals surface area contributed by atoms with Crippen LogP contribution in [-0.4, -0.2) is 17.5 Å². The van der Waals surface area contributed by atoms with E-state index in [2.05, 4.69) is 22.5 Å². The first-order valence-electron chi connectivity index (χ1n) is 6.03. The van der Waals surface area contributed by atoms with Gasteiger partial charge in [0.15, 0.2) is 0 Å². The lowest BCUT2D eigenvalue weighted by Crippen LogP contribution is -2.43. The van der Waals surface area contributed by atoms with E-state index >= 15 is 0 Å². The van der Waals surface area contributed by atoms with Crippen molar-refractivity contribution in [3.8, 4) is 0 Å². The van der Waals surface area contributed by atoms with Gasteiger partial charge in [-0.15, -0.1) is 0 Å². The number of amides is 3. The lowest BCUT2D eigenvalue weighted by molar-refractivity contribution is -0.111. The van der Waals surface area contributed by atoms with Gasteiger partial charge < -0.3 is 16.0 Å². The lowest BCUT2D eigenvalue weighted by Gasteiger charge is -2.21. The maximum Gasteiger partial charge on any atom is 0.319 e. The van der Waals surface area contributed by atoms with E-state index < -0.39 is 0 Å². The summed E-state index contributed by atoms with van der Waals surface area (Å²) >= 11 is 5.96. The average Bonchev–Trinajstić information content (AvgIpc) is 2.30. The molecule has 3 amide bonds. The van der Waals surface area contributed by atoms with Crippen molar-refractivity contribution in [1.29, 1.82) is 0 Å². The molecule has 108 valence electrons. The van der Waals surface area contributed by atoms with Crippen LogP contribution in [0.1, 0.15) is 20.8 Å². The molecule has 0 saturated carbocycles. The molecule has 5 nitrogen and oxygen atoms in total. The molecule has 0 aromatic heterocycles. The van der Waals surface area contributed by atoms with Crippen molar-refractivity contribution >= 4 is 34.9 Å². The Morgan fingerprint density at radius 3 is 2.45 bits per heavy atom. The molecule has 1 rings (SSSR count). The number of benzene rings is 1. The second kappa shape index (κ2) is 6.43. The van der Waals surface area contributed by atoms with Crippen molar-refractivity contribution in [2.45, 2.75) is 26.3 Å². The number of carbonyl (C=O) groups excluding carboxylic acids is 2. The highest BCUT2D eigenvalue weighted by atomic mass is 35.5. The molecule has 0 aliphatic heterocycles. The van der Waals surface area contributed by atoms with Crippen LogP contribution in [0.5, 0.6) is 0 Å². The fourth-order valence-electron chi connectivity index (χ4n) is 1.39. The predicted octanol–water partition coefficient (Wildman–Crippen LogP) is 3.38. The normalized spacial score (nSPS) is 10.6. The van der Waals surface area contributed by atoms with Crippen LogP contribution in [-0.2, 0) is 4.79 Å². The zero-order chi connectivity index (χ0) is 15.3. The molecule has 1 aromatic carbocycles.